The minimum atomic E-state index is -3.67. The number of hydrogen-bond acceptors (Lipinski definition) is 5. The normalized spacial score (nSPS) is 17.5. The minimum Gasteiger partial charge on any atom is -0.352 e. The Hall–Kier alpha value is -2.23. The molecule has 8 nitrogen and oxygen atoms in total. The van der Waals surface area contributed by atoms with Crippen LogP contribution >= 0.6 is 0 Å². The molecule has 1 aliphatic heterocycles. The van der Waals surface area contributed by atoms with Crippen molar-refractivity contribution in [2.45, 2.75) is 50.8 Å². The van der Waals surface area contributed by atoms with Gasteiger partial charge in [-0.15, -0.1) is 0 Å². The Bertz CT molecular complexity index is 1130. The summed E-state index contributed by atoms with van der Waals surface area (Å²) in [7, 11) is -1.61. The van der Waals surface area contributed by atoms with E-state index >= 15 is 0 Å². The van der Waals surface area contributed by atoms with Crippen molar-refractivity contribution in [2.75, 3.05) is 39.8 Å². The molecule has 1 aromatic carbocycles. The van der Waals surface area contributed by atoms with E-state index in [0.29, 0.717) is 36.5 Å². The third-order valence-corrected chi connectivity index (χ3v) is 8.07. The van der Waals surface area contributed by atoms with Crippen LogP contribution in [0.2, 0.25) is 0 Å². The van der Waals surface area contributed by atoms with Gasteiger partial charge in [-0.25, -0.2) is 8.42 Å². The number of unbranched alkanes of at least 4 members (excludes halogenated alkanes) is 1. The van der Waals surface area contributed by atoms with Crippen molar-refractivity contribution in [3.05, 3.63) is 40.2 Å². The number of nitrogens with one attached hydrogen (secondary N) is 2. The number of benzene rings is 1. The lowest BCUT2D eigenvalue weighted by atomic mass is 10.0. The van der Waals surface area contributed by atoms with Gasteiger partial charge in [0.15, 0.2) is 0 Å². The van der Waals surface area contributed by atoms with Crippen LogP contribution in [0.25, 0.3) is 10.9 Å². The summed E-state index contributed by atoms with van der Waals surface area (Å²) in [6.45, 7) is 7.57. The number of fused-ring (bicyclic) bond motifs is 1. The first-order chi connectivity index (χ1) is 15.7. The SMILES string of the molecule is CCCCN(C)CCCNC(=O)c1cc(=O)[nH]c2ccc(S(=O)(=O)N3CCC[C@@H](C)C3)cc12. The molecule has 182 valence electrons. The predicted molar refractivity (Wildman–Crippen MR) is 131 cm³/mol. The average Bonchev–Trinajstić information content (AvgIpc) is 2.79. The quantitative estimate of drug-likeness (QED) is 0.514. The van der Waals surface area contributed by atoms with E-state index < -0.39 is 15.6 Å². The molecule has 2 heterocycles. The molecule has 0 spiro atoms. The van der Waals surface area contributed by atoms with E-state index in [4.69, 9.17) is 0 Å². The highest BCUT2D eigenvalue weighted by Gasteiger charge is 2.29. The van der Waals surface area contributed by atoms with Crippen molar-refractivity contribution in [1.29, 1.82) is 0 Å². The van der Waals surface area contributed by atoms with E-state index in [0.717, 1.165) is 45.2 Å². The van der Waals surface area contributed by atoms with Gasteiger partial charge in [0.1, 0.15) is 0 Å². The van der Waals surface area contributed by atoms with Crippen molar-refractivity contribution >= 4 is 26.8 Å². The monoisotopic (exact) mass is 476 g/mol. The number of hydrogen-bond donors (Lipinski definition) is 2. The number of amides is 1. The zero-order valence-corrected chi connectivity index (χ0v) is 20.7. The summed E-state index contributed by atoms with van der Waals surface area (Å²) in [5, 5.41) is 3.31. The second-order valence-electron chi connectivity index (χ2n) is 9.13. The first-order valence-electron chi connectivity index (χ1n) is 11.9. The zero-order valence-electron chi connectivity index (χ0n) is 19.9. The predicted octanol–water partition coefficient (Wildman–Crippen LogP) is 2.80. The number of carbonyl (C=O) groups excluding carboxylic acids is 1. The third kappa shape index (κ3) is 6.43. The van der Waals surface area contributed by atoms with Gasteiger partial charge >= 0.3 is 0 Å². The maximum absolute atomic E-state index is 13.2. The van der Waals surface area contributed by atoms with E-state index in [2.05, 4.69) is 36.1 Å². The van der Waals surface area contributed by atoms with Gasteiger partial charge in [0, 0.05) is 36.6 Å². The molecule has 1 fully saturated rings. The smallest absolute Gasteiger partial charge is 0.252 e. The van der Waals surface area contributed by atoms with Crippen molar-refractivity contribution in [3.8, 4) is 0 Å². The Labute approximate surface area is 196 Å². The van der Waals surface area contributed by atoms with Crippen LogP contribution in [0.3, 0.4) is 0 Å². The van der Waals surface area contributed by atoms with Crippen molar-refractivity contribution in [1.82, 2.24) is 19.5 Å². The standard InChI is InChI=1S/C24H36N4O4S/c1-4-5-12-27(3)13-7-11-25-24(30)21-16-23(29)26-22-10-9-19(15-20(21)22)33(31,32)28-14-6-8-18(2)17-28/h9-10,15-16,18H,4-8,11-14,17H2,1-3H3,(H,25,30)(H,26,29)/t18-/m1/s1. The molecule has 1 aliphatic rings. The Morgan fingerprint density at radius 2 is 2.00 bits per heavy atom. The molecule has 0 radical (unpaired) electrons. The summed E-state index contributed by atoms with van der Waals surface area (Å²) in [4.78, 5) is 30.1. The highest BCUT2D eigenvalue weighted by atomic mass is 32.2. The second kappa shape index (κ2) is 11.3. The molecule has 0 saturated carbocycles. The molecule has 2 aromatic rings. The van der Waals surface area contributed by atoms with E-state index in [1.165, 1.54) is 22.5 Å². The van der Waals surface area contributed by atoms with Gasteiger partial charge in [0.05, 0.1) is 10.5 Å². The Morgan fingerprint density at radius 3 is 2.73 bits per heavy atom. The van der Waals surface area contributed by atoms with Crippen LogP contribution in [-0.4, -0.2) is 68.3 Å². The van der Waals surface area contributed by atoms with Crippen LogP contribution in [0.15, 0.2) is 34.0 Å². The zero-order chi connectivity index (χ0) is 24.0. The number of H-pyrrole nitrogens is 1. The lowest BCUT2D eigenvalue weighted by Gasteiger charge is -2.30. The van der Waals surface area contributed by atoms with Crippen LogP contribution in [-0.2, 0) is 10.0 Å². The van der Waals surface area contributed by atoms with Crippen LogP contribution in [0, 0.1) is 5.92 Å². The van der Waals surface area contributed by atoms with Crippen LogP contribution < -0.4 is 10.9 Å². The number of rotatable bonds is 10. The summed E-state index contributed by atoms with van der Waals surface area (Å²) in [6, 6.07) is 5.81. The van der Waals surface area contributed by atoms with Gasteiger partial charge < -0.3 is 15.2 Å². The van der Waals surface area contributed by atoms with E-state index in [1.807, 2.05) is 0 Å². The molecule has 0 bridgehead atoms. The molecular formula is C24H36N4O4S. The number of aromatic amines is 1. The number of aromatic nitrogens is 1. The first kappa shape index (κ1) is 25.4. The van der Waals surface area contributed by atoms with E-state index in [9.17, 15) is 18.0 Å². The molecule has 2 N–H and O–H groups in total. The minimum absolute atomic E-state index is 0.141. The highest BCUT2D eigenvalue weighted by molar-refractivity contribution is 7.89. The Kier molecular flexibility index (Phi) is 8.67. The second-order valence-corrected chi connectivity index (χ2v) is 11.1. The molecule has 1 atom stereocenters. The van der Waals surface area contributed by atoms with Crippen molar-refractivity contribution in [2.24, 2.45) is 5.92 Å². The molecule has 3 rings (SSSR count). The third-order valence-electron chi connectivity index (χ3n) is 6.21. The van der Waals surface area contributed by atoms with Gasteiger partial charge in [-0.1, -0.05) is 20.3 Å². The average molecular weight is 477 g/mol. The molecule has 1 amide bonds. The van der Waals surface area contributed by atoms with Gasteiger partial charge in [-0.05, 0) is 69.9 Å². The number of sulfonamides is 1. The van der Waals surface area contributed by atoms with Crippen LogP contribution in [0.4, 0.5) is 0 Å². The fourth-order valence-electron chi connectivity index (χ4n) is 4.28. The Morgan fingerprint density at radius 1 is 1.24 bits per heavy atom. The highest BCUT2D eigenvalue weighted by Crippen LogP contribution is 2.26. The number of piperidine rings is 1. The van der Waals surface area contributed by atoms with E-state index in [-0.39, 0.29) is 16.4 Å². The molecule has 1 aromatic heterocycles. The van der Waals surface area contributed by atoms with Gasteiger partial charge in [-0.3, -0.25) is 9.59 Å². The molecule has 33 heavy (non-hydrogen) atoms. The van der Waals surface area contributed by atoms with E-state index in [1.54, 1.807) is 6.07 Å². The number of nitrogens with zero attached hydrogens (tertiary/aromatic N) is 2. The molecule has 1 saturated heterocycles. The maximum atomic E-state index is 13.2. The lowest BCUT2D eigenvalue weighted by Crippen LogP contribution is -2.39. The fraction of sp³-hybridized carbons (Fsp3) is 0.583. The molecular weight excluding hydrogens is 440 g/mol. The summed E-state index contributed by atoms with van der Waals surface area (Å²) in [6.07, 6.45) is 4.93. The summed E-state index contributed by atoms with van der Waals surface area (Å²) in [5.41, 5.74) is 0.238. The number of carbonyl (C=O) groups is 1. The molecule has 0 unspecified atom stereocenters. The Balaban J connectivity index is 1.79. The number of pyridine rings is 1. The largest absolute Gasteiger partial charge is 0.352 e. The summed E-state index contributed by atoms with van der Waals surface area (Å²) >= 11 is 0. The first-order valence-corrected chi connectivity index (χ1v) is 13.3. The van der Waals surface area contributed by atoms with Gasteiger partial charge in [-0.2, -0.15) is 4.31 Å². The van der Waals surface area contributed by atoms with Crippen LogP contribution in [0.5, 0.6) is 0 Å². The summed E-state index contributed by atoms with van der Waals surface area (Å²) in [5.74, 6) is -0.0591. The fourth-order valence-corrected chi connectivity index (χ4v) is 5.91. The maximum Gasteiger partial charge on any atom is 0.252 e. The molecule has 0 aliphatic carbocycles. The molecule has 9 heteroatoms. The van der Waals surface area contributed by atoms with Crippen molar-refractivity contribution in [3.63, 3.8) is 0 Å². The van der Waals surface area contributed by atoms with Crippen molar-refractivity contribution < 1.29 is 13.2 Å². The lowest BCUT2D eigenvalue weighted by molar-refractivity contribution is 0.0953. The van der Waals surface area contributed by atoms with Gasteiger partial charge in [0.25, 0.3) is 5.91 Å². The van der Waals surface area contributed by atoms with Gasteiger partial charge in [0.2, 0.25) is 15.6 Å². The topological polar surface area (TPSA) is 103 Å². The van der Waals surface area contributed by atoms with Crippen LogP contribution in [0.1, 0.15) is 56.3 Å². The summed E-state index contributed by atoms with van der Waals surface area (Å²) < 4.78 is 28.0.